The summed E-state index contributed by atoms with van der Waals surface area (Å²) < 4.78 is 12.0. The molecule has 3 aliphatic rings. The van der Waals surface area contributed by atoms with Crippen molar-refractivity contribution >= 4 is 6.08 Å². The van der Waals surface area contributed by atoms with Gasteiger partial charge in [0.15, 0.2) is 5.79 Å². The first-order chi connectivity index (χ1) is 13.3. The van der Waals surface area contributed by atoms with E-state index in [4.69, 9.17) is 9.47 Å². The van der Waals surface area contributed by atoms with Crippen molar-refractivity contribution in [3.05, 3.63) is 76.9 Å². The van der Waals surface area contributed by atoms with E-state index in [1.54, 1.807) is 5.57 Å². The molecule has 2 spiro atoms. The molecule has 140 valence electrons. The Hall–Kier alpha value is -1.90. The molecule has 2 nitrogen and oxygen atoms in total. The molecule has 0 aromatic heterocycles. The van der Waals surface area contributed by atoms with Gasteiger partial charge in [0, 0.05) is 18.3 Å². The molecule has 5 rings (SSSR count). The summed E-state index contributed by atoms with van der Waals surface area (Å²) in [6, 6.07) is 19.9. The van der Waals surface area contributed by atoms with Gasteiger partial charge in [-0.05, 0) is 48.8 Å². The molecule has 0 atom stereocenters. The summed E-state index contributed by atoms with van der Waals surface area (Å²) in [6.45, 7) is 1.51. The summed E-state index contributed by atoms with van der Waals surface area (Å²) in [4.78, 5) is 0. The van der Waals surface area contributed by atoms with Gasteiger partial charge in [0.1, 0.15) is 0 Å². The largest absolute Gasteiger partial charge is 0.348 e. The minimum absolute atomic E-state index is 0.202. The van der Waals surface area contributed by atoms with Crippen LogP contribution in [0.2, 0.25) is 0 Å². The molecule has 0 radical (unpaired) electrons. The highest BCUT2D eigenvalue weighted by molar-refractivity contribution is 5.69. The van der Waals surface area contributed by atoms with Crippen LogP contribution in [-0.2, 0) is 21.3 Å². The van der Waals surface area contributed by atoms with Crippen LogP contribution in [0.4, 0.5) is 0 Å². The first-order valence-electron chi connectivity index (χ1n) is 10.4. The van der Waals surface area contributed by atoms with Crippen molar-refractivity contribution in [1.29, 1.82) is 0 Å². The average Bonchev–Trinajstić information content (AvgIpc) is 3.29. The zero-order valence-corrected chi connectivity index (χ0v) is 16.0. The Morgan fingerprint density at radius 3 is 2.22 bits per heavy atom. The number of benzene rings is 2. The Morgan fingerprint density at radius 1 is 0.741 bits per heavy atom. The van der Waals surface area contributed by atoms with E-state index in [1.807, 2.05) is 0 Å². The van der Waals surface area contributed by atoms with Crippen LogP contribution in [0.1, 0.15) is 55.2 Å². The molecular formula is C25H28O2. The number of hydrogen-bond donors (Lipinski definition) is 0. The Bertz CT molecular complexity index is 820. The van der Waals surface area contributed by atoms with Gasteiger partial charge < -0.3 is 9.47 Å². The molecule has 2 heteroatoms. The Balaban J connectivity index is 1.35. The predicted octanol–water partition coefficient (Wildman–Crippen LogP) is 5.66. The second-order valence-electron chi connectivity index (χ2n) is 8.29. The summed E-state index contributed by atoms with van der Waals surface area (Å²) in [5.74, 6) is -0.294. The summed E-state index contributed by atoms with van der Waals surface area (Å²) >= 11 is 0. The number of hydrogen-bond acceptors (Lipinski definition) is 2. The molecule has 2 fully saturated rings. The van der Waals surface area contributed by atoms with E-state index < -0.39 is 0 Å². The molecule has 0 unspecified atom stereocenters. The molecule has 2 aliphatic carbocycles. The number of ether oxygens (including phenoxy) is 2. The van der Waals surface area contributed by atoms with E-state index in [0.717, 1.165) is 45.3 Å². The zero-order chi connectivity index (χ0) is 18.2. The van der Waals surface area contributed by atoms with Gasteiger partial charge in [-0.25, -0.2) is 0 Å². The molecule has 1 saturated carbocycles. The lowest BCUT2D eigenvalue weighted by molar-refractivity contribution is -0.183. The number of allylic oxidation sites excluding steroid dienone is 1. The molecule has 2 aromatic carbocycles. The Kier molecular flexibility index (Phi) is 4.41. The summed E-state index contributed by atoms with van der Waals surface area (Å²) in [7, 11) is 0. The van der Waals surface area contributed by atoms with Crippen LogP contribution in [0.3, 0.4) is 0 Å². The van der Waals surface area contributed by atoms with Crippen LogP contribution in [0.15, 0.2) is 60.2 Å². The van der Waals surface area contributed by atoms with Gasteiger partial charge in [0.05, 0.1) is 13.2 Å². The van der Waals surface area contributed by atoms with Crippen molar-refractivity contribution in [3.63, 3.8) is 0 Å². The van der Waals surface area contributed by atoms with Crippen LogP contribution in [0.25, 0.3) is 6.08 Å². The molecule has 2 aromatic rings. The van der Waals surface area contributed by atoms with Gasteiger partial charge in [0.2, 0.25) is 0 Å². The first-order valence-corrected chi connectivity index (χ1v) is 10.4. The van der Waals surface area contributed by atoms with E-state index in [9.17, 15) is 0 Å². The average molecular weight is 360 g/mol. The maximum atomic E-state index is 6.00. The second kappa shape index (κ2) is 6.92. The van der Waals surface area contributed by atoms with Crippen molar-refractivity contribution in [2.24, 2.45) is 0 Å². The lowest BCUT2D eigenvalue weighted by Gasteiger charge is -2.44. The van der Waals surface area contributed by atoms with Gasteiger partial charge in [-0.15, -0.1) is 0 Å². The Morgan fingerprint density at radius 2 is 1.44 bits per heavy atom. The quantitative estimate of drug-likeness (QED) is 0.700. The summed E-state index contributed by atoms with van der Waals surface area (Å²) in [6.07, 6.45) is 10.3. The molecule has 1 aliphatic heterocycles. The normalized spacial score (nSPS) is 22.1. The van der Waals surface area contributed by atoms with Crippen LogP contribution in [0, 0.1) is 0 Å². The van der Waals surface area contributed by atoms with Crippen molar-refractivity contribution in [2.75, 3.05) is 13.2 Å². The Labute approximate surface area is 162 Å². The van der Waals surface area contributed by atoms with Crippen molar-refractivity contribution in [1.82, 2.24) is 0 Å². The maximum absolute atomic E-state index is 6.00. The van der Waals surface area contributed by atoms with E-state index in [2.05, 4.69) is 60.7 Å². The fraction of sp³-hybridized carbons (Fsp3) is 0.440. The lowest BCUT2D eigenvalue weighted by atomic mass is 9.64. The highest BCUT2D eigenvalue weighted by atomic mass is 16.7. The van der Waals surface area contributed by atoms with Crippen molar-refractivity contribution in [2.45, 2.75) is 56.1 Å². The monoisotopic (exact) mass is 360 g/mol. The fourth-order valence-corrected chi connectivity index (χ4v) is 5.43. The molecular weight excluding hydrogens is 332 g/mol. The first kappa shape index (κ1) is 17.2. The van der Waals surface area contributed by atoms with Gasteiger partial charge >= 0.3 is 0 Å². The molecule has 1 heterocycles. The highest BCUT2D eigenvalue weighted by Gasteiger charge is 2.50. The van der Waals surface area contributed by atoms with Crippen LogP contribution < -0.4 is 0 Å². The van der Waals surface area contributed by atoms with Crippen LogP contribution in [0.5, 0.6) is 0 Å². The van der Waals surface area contributed by atoms with E-state index in [1.165, 1.54) is 29.5 Å². The number of aryl methyl sites for hydroxylation is 1. The fourth-order valence-electron chi connectivity index (χ4n) is 5.43. The second-order valence-corrected chi connectivity index (χ2v) is 8.29. The molecule has 0 bridgehead atoms. The molecule has 0 amide bonds. The summed E-state index contributed by atoms with van der Waals surface area (Å²) in [5, 5.41) is 0. The SMILES string of the molecule is C1=C(CCCc2ccccc2)C2(CCC3(CC2)OCCO3)c2ccccc21. The topological polar surface area (TPSA) is 18.5 Å². The van der Waals surface area contributed by atoms with Crippen molar-refractivity contribution < 1.29 is 9.47 Å². The summed E-state index contributed by atoms with van der Waals surface area (Å²) in [5.41, 5.74) is 6.24. The maximum Gasteiger partial charge on any atom is 0.168 e. The highest BCUT2D eigenvalue weighted by Crippen LogP contribution is 2.55. The van der Waals surface area contributed by atoms with Gasteiger partial charge in [-0.1, -0.05) is 66.2 Å². The van der Waals surface area contributed by atoms with Gasteiger partial charge in [-0.2, -0.15) is 0 Å². The lowest BCUT2D eigenvalue weighted by Crippen LogP contribution is -2.42. The van der Waals surface area contributed by atoms with Gasteiger partial charge in [0.25, 0.3) is 0 Å². The van der Waals surface area contributed by atoms with Crippen LogP contribution in [-0.4, -0.2) is 19.0 Å². The van der Waals surface area contributed by atoms with E-state index in [0.29, 0.717) is 0 Å². The number of fused-ring (bicyclic) bond motifs is 2. The molecule has 27 heavy (non-hydrogen) atoms. The van der Waals surface area contributed by atoms with E-state index in [-0.39, 0.29) is 11.2 Å². The van der Waals surface area contributed by atoms with Crippen molar-refractivity contribution in [3.8, 4) is 0 Å². The minimum Gasteiger partial charge on any atom is -0.348 e. The standard InChI is InChI=1S/C25H28O2/c1-2-7-20(8-3-1)9-6-11-22-19-21-10-4-5-12-23(21)24(22)13-15-25(16-14-24)26-17-18-27-25/h1-5,7-8,10,12,19H,6,9,11,13-18H2. The smallest absolute Gasteiger partial charge is 0.168 e. The third-order valence-electron chi connectivity index (χ3n) is 6.85. The van der Waals surface area contributed by atoms with E-state index >= 15 is 0 Å². The predicted molar refractivity (Wildman–Crippen MR) is 109 cm³/mol. The minimum atomic E-state index is -0.294. The molecule has 0 N–H and O–H groups in total. The molecule has 1 saturated heterocycles. The van der Waals surface area contributed by atoms with Gasteiger partial charge in [-0.3, -0.25) is 0 Å². The number of rotatable bonds is 4. The third kappa shape index (κ3) is 3.05. The zero-order valence-electron chi connectivity index (χ0n) is 16.0. The third-order valence-corrected chi connectivity index (χ3v) is 6.85. The van der Waals surface area contributed by atoms with Crippen LogP contribution >= 0.6 is 0 Å².